The summed E-state index contributed by atoms with van der Waals surface area (Å²) in [7, 11) is 0. The van der Waals surface area contributed by atoms with E-state index in [1.165, 1.54) is 0 Å². The van der Waals surface area contributed by atoms with Gasteiger partial charge in [0.1, 0.15) is 0 Å². The molecule has 0 spiro atoms. The molecule has 1 rings (SSSR count). The van der Waals surface area contributed by atoms with Crippen LogP contribution in [0.4, 0.5) is 5.69 Å². The lowest BCUT2D eigenvalue weighted by atomic mass is 9.92. The van der Waals surface area contributed by atoms with E-state index < -0.39 is 5.41 Å². The van der Waals surface area contributed by atoms with Crippen LogP contribution in [0.2, 0.25) is 0 Å². The van der Waals surface area contributed by atoms with Crippen molar-refractivity contribution in [2.24, 2.45) is 11.1 Å². The maximum Gasteiger partial charge on any atom is 0.231 e. The Morgan fingerprint density at radius 1 is 1.57 bits per heavy atom. The fourth-order valence-electron chi connectivity index (χ4n) is 0.873. The minimum absolute atomic E-state index is 0.0264. The summed E-state index contributed by atoms with van der Waals surface area (Å²) in [5, 5.41) is 6.81. The lowest BCUT2D eigenvalue weighted by molar-refractivity contribution is -0.123. The molecule has 1 amide bonds. The van der Waals surface area contributed by atoms with Crippen LogP contribution in [0.1, 0.15) is 19.4 Å². The molecule has 14 heavy (non-hydrogen) atoms. The molecular formula is C10H16N2OS. The maximum atomic E-state index is 11.7. The van der Waals surface area contributed by atoms with Crippen LogP contribution in [0.3, 0.4) is 0 Å². The first kappa shape index (κ1) is 11.2. The predicted octanol–water partition coefficient (Wildman–Crippen LogP) is 1.98. The van der Waals surface area contributed by atoms with Crippen molar-refractivity contribution >= 4 is 22.9 Å². The summed E-state index contributed by atoms with van der Waals surface area (Å²) < 4.78 is 0. The summed E-state index contributed by atoms with van der Waals surface area (Å²) in [6.45, 7) is 6.00. The van der Waals surface area contributed by atoms with Crippen molar-refractivity contribution < 1.29 is 4.79 Å². The third-order valence-electron chi connectivity index (χ3n) is 2.23. The molecule has 0 saturated carbocycles. The van der Waals surface area contributed by atoms with E-state index >= 15 is 0 Å². The molecule has 0 unspecified atom stereocenters. The highest BCUT2D eigenvalue weighted by atomic mass is 32.1. The lowest BCUT2D eigenvalue weighted by Crippen LogP contribution is -2.37. The highest BCUT2D eigenvalue weighted by Crippen LogP contribution is 2.22. The number of anilines is 1. The molecule has 3 N–H and O–H groups in total. The first-order valence-electron chi connectivity index (χ1n) is 4.51. The molecule has 3 nitrogen and oxygen atoms in total. The number of hydrogen-bond donors (Lipinski definition) is 2. The SMILES string of the molecule is Cc1cscc1NC(=O)C(C)(C)CN. The second-order valence-corrected chi connectivity index (χ2v) is 4.75. The van der Waals surface area contributed by atoms with Crippen LogP contribution in [0.25, 0.3) is 0 Å². The number of carbonyl (C=O) groups excluding carboxylic acids is 1. The molecule has 1 aromatic heterocycles. The topological polar surface area (TPSA) is 55.1 Å². The van der Waals surface area contributed by atoms with Crippen molar-refractivity contribution in [1.82, 2.24) is 0 Å². The minimum atomic E-state index is -0.506. The van der Waals surface area contributed by atoms with Gasteiger partial charge in [0, 0.05) is 11.9 Å². The minimum Gasteiger partial charge on any atom is -0.329 e. The van der Waals surface area contributed by atoms with Crippen molar-refractivity contribution in [2.45, 2.75) is 20.8 Å². The fourth-order valence-corrected chi connectivity index (χ4v) is 1.65. The first-order valence-corrected chi connectivity index (χ1v) is 5.46. The lowest BCUT2D eigenvalue weighted by Gasteiger charge is -2.21. The highest BCUT2D eigenvalue weighted by Gasteiger charge is 2.26. The molecule has 78 valence electrons. The van der Waals surface area contributed by atoms with Crippen LogP contribution in [-0.2, 0) is 4.79 Å². The van der Waals surface area contributed by atoms with E-state index in [0.717, 1.165) is 11.3 Å². The Morgan fingerprint density at radius 2 is 2.21 bits per heavy atom. The quantitative estimate of drug-likeness (QED) is 0.805. The van der Waals surface area contributed by atoms with Gasteiger partial charge >= 0.3 is 0 Å². The van der Waals surface area contributed by atoms with Gasteiger partial charge in [0.05, 0.1) is 11.1 Å². The highest BCUT2D eigenvalue weighted by molar-refractivity contribution is 7.08. The Kier molecular flexibility index (Phi) is 3.29. The van der Waals surface area contributed by atoms with E-state index in [1.54, 1.807) is 11.3 Å². The largest absolute Gasteiger partial charge is 0.329 e. The molecule has 1 heterocycles. The van der Waals surface area contributed by atoms with E-state index in [0.29, 0.717) is 6.54 Å². The number of carbonyl (C=O) groups is 1. The molecule has 0 aliphatic heterocycles. The van der Waals surface area contributed by atoms with Crippen molar-refractivity contribution in [2.75, 3.05) is 11.9 Å². The van der Waals surface area contributed by atoms with Crippen LogP contribution in [0, 0.1) is 12.3 Å². The molecule has 0 atom stereocenters. The normalized spacial score (nSPS) is 11.4. The molecule has 0 fully saturated rings. The smallest absolute Gasteiger partial charge is 0.231 e. The van der Waals surface area contributed by atoms with Gasteiger partial charge in [0.2, 0.25) is 5.91 Å². The summed E-state index contributed by atoms with van der Waals surface area (Å²) in [5.41, 5.74) is 6.99. The van der Waals surface area contributed by atoms with Gasteiger partial charge in [0.25, 0.3) is 0 Å². The van der Waals surface area contributed by atoms with Crippen molar-refractivity contribution in [3.8, 4) is 0 Å². The van der Waals surface area contributed by atoms with E-state index in [9.17, 15) is 4.79 Å². The Labute approximate surface area is 88.3 Å². The van der Waals surface area contributed by atoms with Crippen LogP contribution in [-0.4, -0.2) is 12.5 Å². The van der Waals surface area contributed by atoms with Crippen molar-refractivity contribution in [3.63, 3.8) is 0 Å². The molecule has 0 aromatic carbocycles. The van der Waals surface area contributed by atoms with E-state index in [2.05, 4.69) is 5.32 Å². The van der Waals surface area contributed by atoms with Gasteiger partial charge in [-0.2, -0.15) is 0 Å². The summed E-state index contributed by atoms with van der Waals surface area (Å²) in [6.07, 6.45) is 0. The summed E-state index contributed by atoms with van der Waals surface area (Å²) >= 11 is 1.58. The van der Waals surface area contributed by atoms with Gasteiger partial charge in [-0.05, 0) is 31.7 Å². The second kappa shape index (κ2) is 4.11. The Bertz CT molecular complexity index is 331. The number of nitrogens with two attached hydrogens (primary N) is 1. The standard InChI is InChI=1S/C10H16N2OS/c1-7-4-14-5-8(7)12-9(13)10(2,3)6-11/h4-5H,6,11H2,1-3H3,(H,12,13). The summed E-state index contributed by atoms with van der Waals surface area (Å²) in [4.78, 5) is 11.7. The van der Waals surface area contributed by atoms with Gasteiger partial charge in [-0.25, -0.2) is 0 Å². The average Bonchev–Trinajstić information content (AvgIpc) is 2.52. The third-order valence-corrected chi connectivity index (χ3v) is 3.09. The molecule has 0 aliphatic rings. The third kappa shape index (κ3) is 2.33. The molecular weight excluding hydrogens is 196 g/mol. The van der Waals surface area contributed by atoms with Crippen LogP contribution in [0.15, 0.2) is 10.8 Å². The zero-order valence-electron chi connectivity index (χ0n) is 8.76. The second-order valence-electron chi connectivity index (χ2n) is 4.01. The number of rotatable bonds is 3. The summed E-state index contributed by atoms with van der Waals surface area (Å²) in [6, 6.07) is 0. The van der Waals surface area contributed by atoms with Crippen molar-refractivity contribution in [3.05, 3.63) is 16.3 Å². The first-order chi connectivity index (χ1) is 6.47. The number of thiophene rings is 1. The molecule has 0 radical (unpaired) electrons. The molecule has 0 saturated heterocycles. The number of hydrogen-bond acceptors (Lipinski definition) is 3. The zero-order chi connectivity index (χ0) is 10.8. The molecule has 0 aliphatic carbocycles. The maximum absolute atomic E-state index is 11.7. The Balaban J connectivity index is 2.71. The summed E-state index contributed by atoms with van der Waals surface area (Å²) in [5.74, 6) is -0.0264. The molecule has 0 bridgehead atoms. The van der Waals surface area contributed by atoms with Gasteiger partial charge < -0.3 is 11.1 Å². The van der Waals surface area contributed by atoms with E-state index in [-0.39, 0.29) is 5.91 Å². The number of amides is 1. The van der Waals surface area contributed by atoms with Crippen LogP contribution in [0.5, 0.6) is 0 Å². The van der Waals surface area contributed by atoms with Crippen molar-refractivity contribution in [1.29, 1.82) is 0 Å². The number of aryl methyl sites for hydroxylation is 1. The Morgan fingerprint density at radius 3 is 2.64 bits per heavy atom. The van der Waals surface area contributed by atoms with Crippen LogP contribution >= 0.6 is 11.3 Å². The van der Waals surface area contributed by atoms with E-state index in [1.807, 2.05) is 31.5 Å². The van der Waals surface area contributed by atoms with E-state index in [4.69, 9.17) is 5.73 Å². The zero-order valence-corrected chi connectivity index (χ0v) is 9.57. The Hall–Kier alpha value is -0.870. The molecule has 1 aromatic rings. The number of nitrogens with one attached hydrogen (secondary N) is 1. The van der Waals surface area contributed by atoms with Crippen LogP contribution < -0.4 is 11.1 Å². The molecule has 4 heteroatoms. The predicted molar refractivity (Wildman–Crippen MR) is 60.5 cm³/mol. The van der Waals surface area contributed by atoms with Gasteiger partial charge in [0.15, 0.2) is 0 Å². The van der Waals surface area contributed by atoms with Gasteiger partial charge in [-0.3, -0.25) is 4.79 Å². The fraction of sp³-hybridized carbons (Fsp3) is 0.500. The van der Waals surface area contributed by atoms with Gasteiger partial charge in [-0.1, -0.05) is 0 Å². The van der Waals surface area contributed by atoms with Gasteiger partial charge in [-0.15, -0.1) is 11.3 Å². The average molecular weight is 212 g/mol. The monoisotopic (exact) mass is 212 g/mol.